The van der Waals surface area contributed by atoms with Gasteiger partial charge in [0.2, 0.25) is 0 Å². The van der Waals surface area contributed by atoms with Crippen LogP contribution >= 0.6 is 0 Å². The van der Waals surface area contributed by atoms with Gasteiger partial charge in [0.1, 0.15) is 0 Å². The second-order valence-corrected chi connectivity index (χ2v) is 6.57. The van der Waals surface area contributed by atoms with Crippen LogP contribution < -0.4 is 0 Å². The smallest absolute Gasteiger partial charge is 0.0622 e. The number of likely N-dealkylation sites (tertiary alicyclic amines) is 1. The molecule has 17 heavy (non-hydrogen) atoms. The van der Waals surface area contributed by atoms with E-state index in [1.807, 2.05) is 0 Å². The van der Waals surface area contributed by atoms with E-state index in [9.17, 15) is 0 Å². The highest BCUT2D eigenvalue weighted by Gasteiger charge is 2.31. The summed E-state index contributed by atoms with van der Waals surface area (Å²) in [6.07, 6.45) is 3.84. The minimum atomic E-state index is 0.333. The molecule has 2 fully saturated rings. The Morgan fingerprint density at radius 3 is 2.18 bits per heavy atom. The fraction of sp³-hybridized carbons (Fsp3) is 1.00. The summed E-state index contributed by atoms with van der Waals surface area (Å²) in [6, 6.07) is 1.43. The van der Waals surface area contributed by atoms with Crippen LogP contribution in [0.5, 0.6) is 0 Å². The summed E-state index contributed by atoms with van der Waals surface area (Å²) in [5.41, 5.74) is 0.333. The Bertz CT molecular complexity index is 235. The molecule has 100 valence electrons. The van der Waals surface area contributed by atoms with E-state index < -0.39 is 0 Å². The summed E-state index contributed by atoms with van der Waals surface area (Å²) in [7, 11) is 2.29. The zero-order chi connectivity index (χ0) is 12.5. The Morgan fingerprint density at radius 1 is 1.06 bits per heavy atom. The van der Waals surface area contributed by atoms with Crippen LogP contribution in [0.1, 0.15) is 40.0 Å². The summed E-state index contributed by atoms with van der Waals surface area (Å²) in [5.74, 6) is 0. The van der Waals surface area contributed by atoms with Crippen LogP contribution in [0.4, 0.5) is 0 Å². The predicted molar refractivity (Wildman–Crippen MR) is 71.3 cm³/mol. The second kappa shape index (κ2) is 5.25. The molecule has 0 unspecified atom stereocenters. The third-order valence-corrected chi connectivity index (χ3v) is 4.47. The zero-order valence-corrected chi connectivity index (χ0v) is 11.9. The Hall–Kier alpha value is -0.120. The Kier molecular flexibility index (Phi) is 4.11. The zero-order valence-electron chi connectivity index (χ0n) is 11.9. The quantitative estimate of drug-likeness (QED) is 0.734. The molecule has 0 amide bonds. The van der Waals surface area contributed by atoms with Gasteiger partial charge >= 0.3 is 0 Å². The normalized spacial score (nSPS) is 29.1. The number of rotatable bonds is 2. The lowest BCUT2D eigenvalue weighted by molar-refractivity contribution is 0.0471. The van der Waals surface area contributed by atoms with Gasteiger partial charge in [-0.3, -0.25) is 9.80 Å². The van der Waals surface area contributed by atoms with Gasteiger partial charge in [0, 0.05) is 37.3 Å². The van der Waals surface area contributed by atoms with Crippen molar-refractivity contribution in [1.82, 2.24) is 9.80 Å². The lowest BCUT2D eigenvalue weighted by Crippen LogP contribution is -2.52. The summed E-state index contributed by atoms with van der Waals surface area (Å²) < 4.78 is 5.49. The van der Waals surface area contributed by atoms with Crippen LogP contribution in [-0.2, 0) is 4.74 Å². The number of nitrogens with zero attached hydrogens (tertiary/aromatic N) is 2. The molecule has 0 N–H and O–H groups in total. The molecule has 2 rings (SSSR count). The largest absolute Gasteiger partial charge is 0.380 e. The van der Waals surface area contributed by atoms with Crippen molar-refractivity contribution in [2.75, 3.05) is 33.4 Å². The maximum absolute atomic E-state index is 5.49. The van der Waals surface area contributed by atoms with Gasteiger partial charge in [-0.15, -0.1) is 0 Å². The molecule has 2 saturated heterocycles. The number of hydrogen-bond acceptors (Lipinski definition) is 3. The molecule has 0 saturated carbocycles. The van der Waals surface area contributed by atoms with Gasteiger partial charge in [-0.1, -0.05) is 0 Å². The molecule has 0 aromatic heterocycles. The van der Waals surface area contributed by atoms with E-state index >= 15 is 0 Å². The molecular weight excluding hydrogens is 212 g/mol. The average molecular weight is 240 g/mol. The molecule has 3 heteroatoms. The van der Waals surface area contributed by atoms with Gasteiger partial charge in [-0.05, 0) is 47.1 Å². The van der Waals surface area contributed by atoms with Crippen molar-refractivity contribution in [2.24, 2.45) is 0 Å². The third kappa shape index (κ3) is 3.21. The van der Waals surface area contributed by atoms with Crippen LogP contribution in [0.3, 0.4) is 0 Å². The van der Waals surface area contributed by atoms with Crippen LogP contribution in [0.2, 0.25) is 0 Å². The maximum atomic E-state index is 5.49. The first-order chi connectivity index (χ1) is 7.98. The minimum Gasteiger partial charge on any atom is -0.380 e. The van der Waals surface area contributed by atoms with Gasteiger partial charge in [-0.25, -0.2) is 0 Å². The molecule has 3 nitrogen and oxygen atoms in total. The summed E-state index contributed by atoms with van der Waals surface area (Å²) in [4.78, 5) is 5.19. The van der Waals surface area contributed by atoms with Crippen molar-refractivity contribution in [3.63, 3.8) is 0 Å². The minimum absolute atomic E-state index is 0.333. The molecule has 0 bridgehead atoms. The number of hydrogen-bond donors (Lipinski definition) is 0. The lowest BCUT2D eigenvalue weighted by Gasteiger charge is -2.44. The van der Waals surface area contributed by atoms with Crippen molar-refractivity contribution >= 4 is 0 Å². The Morgan fingerprint density at radius 2 is 1.71 bits per heavy atom. The van der Waals surface area contributed by atoms with Crippen LogP contribution in [0.25, 0.3) is 0 Å². The molecular formula is C14H28N2O. The molecule has 2 heterocycles. The van der Waals surface area contributed by atoms with Crippen LogP contribution in [0, 0.1) is 0 Å². The predicted octanol–water partition coefficient (Wildman–Crippen LogP) is 1.97. The summed E-state index contributed by atoms with van der Waals surface area (Å²) in [5, 5.41) is 0. The van der Waals surface area contributed by atoms with Gasteiger partial charge in [0.15, 0.2) is 0 Å². The summed E-state index contributed by atoms with van der Waals surface area (Å²) >= 11 is 0. The molecule has 1 atom stereocenters. The van der Waals surface area contributed by atoms with E-state index in [1.165, 1.54) is 32.4 Å². The first-order valence-electron chi connectivity index (χ1n) is 7.03. The monoisotopic (exact) mass is 240 g/mol. The highest BCUT2D eigenvalue weighted by molar-refractivity contribution is 4.87. The first kappa shape index (κ1) is 13.3. The Balaban J connectivity index is 1.82. The van der Waals surface area contributed by atoms with Gasteiger partial charge in [-0.2, -0.15) is 0 Å². The van der Waals surface area contributed by atoms with Gasteiger partial charge < -0.3 is 4.74 Å². The fourth-order valence-electron chi connectivity index (χ4n) is 3.09. The highest BCUT2D eigenvalue weighted by atomic mass is 16.5. The summed E-state index contributed by atoms with van der Waals surface area (Å²) in [6.45, 7) is 11.3. The van der Waals surface area contributed by atoms with Crippen molar-refractivity contribution in [3.8, 4) is 0 Å². The van der Waals surface area contributed by atoms with Crippen LogP contribution in [-0.4, -0.2) is 60.8 Å². The SMILES string of the molecule is CN(C1CCN(C(C)(C)C)CC1)[C@H]1CCOC1. The van der Waals surface area contributed by atoms with Crippen molar-refractivity contribution < 1.29 is 4.74 Å². The van der Waals surface area contributed by atoms with Crippen LogP contribution in [0.15, 0.2) is 0 Å². The fourth-order valence-corrected chi connectivity index (χ4v) is 3.09. The molecule has 0 aromatic carbocycles. The molecule has 0 aromatic rings. The van der Waals surface area contributed by atoms with Crippen molar-refractivity contribution in [1.29, 1.82) is 0 Å². The first-order valence-corrected chi connectivity index (χ1v) is 7.03. The standard InChI is InChI=1S/C14H28N2O/c1-14(2,3)16-8-5-12(6-9-16)15(4)13-7-10-17-11-13/h12-13H,5-11H2,1-4H3/t13-/m0/s1. The van der Waals surface area contributed by atoms with Gasteiger partial charge in [0.25, 0.3) is 0 Å². The Labute approximate surface area is 106 Å². The average Bonchev–Trinajstić information content (AvgIpc) is 2.80. The molecule has 0 aliphatic carbocycles. The number of likely N-dealkylation sites (N-methyl/N-ethyl adjacent to an activating group) is 1. The van der Waals surface area contributed by atoms with E-state index in [4.69, 9.17) is 4.74 Å². The lowest BCUT2D eigenvalue weighted by atomic mass is 9.96. The van der Waals surface area contributed by atoms with E-state index in [1.54, 1.807) is 0 Å². The van der Waals surface area contributed by atoms with E-state index in [0.29, 0.717) is 11.6 Å². The number of ether oxygens (including phenoxy) is 1. The van der Waals surface area contributed by atoms with Gasteiger partial charge in [0.05, 0.1) is 6.61 Å². The molecule has 2 aliphatic rings. The maximum Gasteiger partial charge on any atom is 0.0622 e. The van der Waals surface area contributed by atoms with E-state index in [2.05, 4.69) is 37.6 Å². The van der Waals surface area contributed by atoms with Crippen molar-refractivity contribution in [3.05, 3.63) is 0 Å². The van der Waals surface area contributed by atoms with E-state index in [0.717, 1.165) is 19.3 Å². The van der Waals surface area contributed by atoms with Crippen molar-refractivity contribution in [2.45, 2.75) is 57.7 Å². The number of piperidine rings is 1. The van der Waals surface area contributed by atoms with E-state index in [-0.39, 0.29) is 0 Å². The molecule has 0 radical (unpaired) electrons. The third-order valence-electron chi connectivity index (χ3n) is 4.47. The molecule has 2 aliphatic heterocycles. The second-order valence-electron chi connectivity index (χ2n) is 6.57. The molecule has 0 spiro atoms. The highest BCUT2D eigenvalue weighted by Crippen LogP contribution is 2.25. The topological polar surface area (TPSA) is 15.7 Å².